The third kappa shape index (κ3) is 3.96. The maximum atomic E-state index is 11.9. The number of nitrogens with one attached hydrogen (secondary N) is 1. The highest BCUT2D eigenvalue weighted by Crippen LogP contribution is 2.22. The molecule has 8 heteroatoms. The fraction of sp³-hybridized carbons (Fsp3) is 0.250. The average Bonchev–Trinajstić information content (AvgIpc) is 2.38. The summed E-state index contributed by atoms with van der Waals surface area (Å²) < 4.78 is 25.1. The van der Waals surface area contributed by atoms with Crippen molar-refractivity contribution in [3.8, 4) is 0 Å². The van der Waals surface area contributed by atoms with Gasteiger partial charge in [-0.25, -0.2) is 13.1 Å². The van der Waals surface area contributed by atoms with Gasteiger partial charge in [0.05, 0.1) is 10.0 Å². The lowest BCUT2D eigenvalue weighted by Gasteiger charge is -2.25. The molecule has 1 aromatic rings. The summed E-state index contributed by atoms with van der Waals surface area (Å²) in [7, 11) is -3.28. The molecule has 1 aliphatic rings. The first-order valence-corrected chi connectivity index (χ1v) is 8.17. The van der Waals surface area contributed by atoms with Gasteiger partial charge < -0.3 is 4.90 Å². The fourth-order valence-corrected chi connectivity index (χ4v) is 3.15. The smallest absolute Gasteiger partial charge is 0.229 e. The summed E-state index contributed by atoms with van der Waals surface area (Å²) in [4.78, 5) is 13.5. The van der Waals surface area contributed by atoms with Crippen LogP contribution in [-0.4, -0.2) is 38.1 Å². The molecule has 0 bridgehead atoms. The molecular weight excluding hydrogens is 323 g/mol. The van der Waals surface area contributed by atoms with E-state index in [1.807, 2.05) is 0 Å². The SMILES string of the molecule is O=C(/C=C/N1CCNS(=O)(=O)C1)c1ccc(Cl)c(Cl)c1. The van der Waals surface area contributed by atoms with E-state index < -0.39 is 10.0 Å². The molecule has 0 atom stereocenters. The van der Waals surface area contributed by atoms with E-state index in [-0.39, 0.29) is 11.7 Å². The molecule has 1 fully saturated rings. The molecule has 1 N–H and O–H groups in total. The lowest BCUT2D eigenvalue weighted by molar-refractivity contribution is 0.104. The third-order valence-corrected chi connectivity index (χ3v) is 4.75. The second-order valence-electron chi connectivity index (χ2n) is 4.26. The van der Waals surface area contributed by atoms with Gasteiger partial charge in [-0.2, -0.15) is 0 Å². The number of ketones is 1. The molecule has 0 spiro atoms. The largest absolute Gasteiger partial charge is 0.361 e. The van der Waals surface area contributed by atoms with E-state index in [2.05, 4.69) is 4.72 Å². The topological polar surface area (TPSA) is 66.5 Å². The van der Waals surface area contributed by atoms with Crippen LogP contribution in [0, 0.1) is 0 Å². The lowest BCUT2D eigenvalue weighted by Crippen LogP contribution is -2.44. The Morgan fingerprint density at radius 3 is 2.70 bits per heavy atom. The van der Waals surface area contributed by atoms with Crippen molar-refractivity contribution in [3.05, 3.63) is 46.1 Å². The van der Waals surface area contributed by atoms with E-state index in [4.69, 9.17) is 23.2 Å². The minimum atomic E-state index is -3.28. The van der Waals surface area contributed by atoms with E-state index >= 15 is 0 Å². The number of hydrogen-bond donors (Lipinski definition) is 1. The van der Waals surface area contributed by atoms with Gasteiger partial charge >= 0.3 is 0 Å². The molecule has 0 unspecified atom stereocenters. The Morgan fingerprint density at radius 1 is 1.30 bits per heavy atom. The number of carbonyl (C=O) groups is 1. The number of rotatable bonds is 3. The Balaban J connectivity index is 2.07. The zero-order valence-electron chi connectivity index (χ0n) is 10.3. The minimum absolute atomic E-state index is 0.155. The molecular formula is C12H12Cl2N2O3S. The predicted molar refractivity (Wildman–Crippen MR) is 78.4 cm³/mol. The molecule has 5 nitrogen and oxygen atoms in total. The summed E-state index contributed by atoms with van der Waals surface area (Å²) in [6, 6.07) is 4.58. The number of sulfonamides is 1. The number of allylic oxidation sites excluding steroid dienone is 1. The van der Waals surface area contributed by atoms with Gasteiger partial charge in [-0.1, -0.05) is 23.2 Å². The molecule has 0 aromatic heterocycles. The summed E-state index contributed by atoms with van der Waals surface area (Å²) in [5.41, 5.74) is 0.397. The summed E-state index contributed by atoms with van der Waals surface area (Å²) in [6.45, 7) is 0.845. The van der Waals surface area contributed by atoms with Gasteiger partial charge in [-0.3, -0.25) is 4.79 Å². The highest BCUT2D eigenvalue weighted by molar-refractivity contribution is 7.89. The number of benzene rings is 1. The van der Waals surface area contributed by atoms with Crippen molar-refractivity contribution in [1.82, 2.24) is 9.62 Å². The van der Waals surface area contributed by atoms with Crippen LogP contribution in [0.15, 0.2) is 30.5 Å². The Morgan fingerprint density at radius 2 is 2.05 bits per heavy atom. The lowest BCUT2D eigenvalue weighted by atomic mass is 10.1. The van der Waals surface area contributed by atoms with Gasteiger partial charge in [0.25, 0.3) is 0 Å². The Labute approximate surface area is 127 Å². The Bertz CT molecular complexity index is 659. The summed E-state index contributed by atoms with van der Waals surface area (Å²) >= 11 is 11.6. The summed E-state index contributed by atoms with van der Waals surface area (Å²) in [5, 5.41) is 0.677. The summed E-state index contributed by atoms with van der Waals surface area (Å²) in [5.74, 6) is -0.419. The molecule has 108 valence electrons. The van der Waals surface area contributed by atoms with Crippen molar-refractivity contribution in [1.29, 1.82) is 0 Å². The number of hydrogen-bond acceptors (Lipinski definition) is 4. The van der Waals surface area contributed by atoms with E-state index in [1.165, 1.54) is 18.3 Å². The molecule has 0 amide bonds. The van der Waals surface area contributed by atoms with Crippen LogP contribution in [0.5, 0.6) is 0 Å². The number of carbonyl (C=O) groups excluding carboxylic acids is 1. The van der Waals surface area contributed by atoms with Crippen molar-refractivity contribution in [2.24, 2.45) is 0 Å². The van der Waals surface area contributed by atoms with Crippen molar-refractivity contribution in [3.63, 3.8) is 0 Å². The second kappa shape index (κ2) is 6.13. The van der Waals surface area contributed by atoms with Crippen LogP contribution in [0.2, 0.25) is 10.0 Å². The number of halogens is 2. The van der Waals surface area contributed by atoms with Crippen LogP contribution >= 0.6 is 23.2 Å². The number of nitrogens with zero attached hydrogens (tertiary/aromatic N) is 1. The molecule has 0 radical (unpaired) electrons. The molecule has 1 aliphatic heterocycles. The highest BCUT2D eigenvalue weighted by atomic mass is 35.5. The standard InChI is InChI=1S/C12H12Cl2N2O3S/c13-10-2-1-9(7-11(10)14)12(17)3-5-16-6-4-15-20(18,19)8-16/h1-3,5,7,15H,4,6,8H2/b5-3+. The van der Waals surface area contributed by atoms with Crippen LogP contribution < -0.4 is 4.72 Å². The highest BCUT2D eigenvalue weighted by Gasteiger charge is 2.19. The monoisotopic (exact) mass is 334 g/mol. The van der Waals surface area contributed by atoms with Gasteiger partial charge in [0.15, 0.2) is 5.78 Å². The molecule has 1 saturated heterocycles. The minimum Gasteiger partial charge on any atom is -0.361 e. The predicted octanol–water partition coefficient (Wildman–Crippen LogP) is 1.88. The molecule has 1 aromatic carbocycles. The van der Waals surface area contributed by atoms with E-state index in [0.29, 0.717) is 28.7 Å². The first kappa shape index (κ1) is 15.3. The molecule has 0 saturated carbocycles. The van der Waals surface area contributed by atoms with Gasteiger partial charge in [0, 0.05) is 30.9 Å². The van der Waals surface area contributed by atoms with Gasteiger partial charge in [0.1, 0.15) is 5.88 Å². The maximum absolute atomic E-state index is 11.9. The molecule has 1 heterocycles. The van der Waals surface area contributed by atoms with Gasteiger partial charge in [0.2, 0.25) is 10.0 Å². The van der Waals surface area contributed by atoms with Gasteiger partial charge in [-0.15, -0.1) is 0 Å². The van der Waals surface area contributed by atoms with Crippen molar-refractivity contribution < 1.29 is 13.2 Å². The quantitative estimate of drug-likeness (QED) is 0.677. The Hall–Kier alpha value is -1.08. The third-order valence-electron chi connectivity index (χ3n) is 2.70. The maximum Gasteiger partial charge on any atom is 0.229 e. The first-order valence-electron chi connectivity index (χ1n) is 5.76. The van der Waals surface area contributed by atoms with Gasteiger partial charge in [-0.05, 0) is 18.2 Å². The Kier molecular flexibility index (Phi) is 4.70. The molecule has 2 rings (SSSR count). The van der Waals surface area contributed by atoms with Crippen LogP contribution in [0.3, 0.4) is 0 Å². The zero-order valence-corrected chi connectivity index (χ0v) is 12.7. The second-order valence-corrected chi connectivity index (χ2v) is 6.85. The molecule has 0 aliphatic carbocycles. The fourth-order valence-electron chi connectivity index (χ4n) is 1.71. The van der Waals surface area contributed by atoms with E-state index in [1.54, 1.807) is 17.0 Å². The zero-order chi connectivity index (χ0) is 14.8. The molecule has 20 heavy (non-hydrogen) atoms. The first-order chi connectivity index (χ1) is 9.37. The van der Waals surface area contributed by atoms with Crippen LogP contribution in [0.4, 0.5) is 0 Å². The normalized spacial score (nSPS) is 18.4. The average molecular weight is 335 g/mol. The van der Waals surface area contributed by atoms with Crippen LogP contribution in [0.25, 0.3) is 0 Å². The summed E-state index contributed by atoms with van der Waals surface area (Å²) in [6.07, 6.45) is 2.80. The van der Waals surface area contributed by atoms with Crippen molar-refractivity contribution in [2.45, 2.75) is 0 Å². The van der Waals surface area contributed by atoms with E-state index in [0.717, 1.165) is 0 Å². The van der Waals surface area contributed by atoms with Crippen LogP contribution in [-0.2, 0) is 10.0 Å². The van der Waals surface area contributed by atoms with Crippen LogP contribution in [0.1, 0.15) is 10.4 Å². The van der Waals surface area contributed by atoms with Crippen molar-refractivity contribution in [2.75, 3.05) is 19.0 Å². The van der Waals surface area contributed by atoms with E-state index in [9.17, 15) is 13.2 Å². The van der Waals surface area contributed by atoms with Crippen molar-refractivity contribution >= 4 is 39.0 Å².